The first kappa shape index (κ1) is 15.3. The number of fused-ring (bicyclic) bond motifs is 1. The fraction of sp³-hybridized carbons (Fsp3) is 0.471. The van der Waals surface area contributed by atoms with E-state index in [1.165, 1.54) is 17.5 Å². The number of likely N-dealkylation sites (tertiary alicyclic amines) is 1. The zero-order valence-corrected chi connectivity index (χ0v) is 14.3. The highest BCUT2D eigenvalue weighted by Crippen LogP contribution is 2.30. The van der Waals surface area contributed by atoms with Gasteiger partial charge in [0.25, 0.3) is 0 Å². The number of aromatic amines is 1. The second kappa shape index (κ2) is 6.65. The molecule has 2 aromatic heterocycles. The molecule has 0 radical (unpaired) electrons. The van der Waals surface area contributed by atoms with Gasteiger partial charge in [-0.15, -0.1) is 11.8 Å². The topological polar surface area (TPSA) is 35.2 Å². The maximum absolute atomic E-state index is 4.40. The van der Waals surface area contributed by atoms with E-state index in [1.807, 2.05) is 12.4 Å². The summed E-state index contributed by atoms with van der Waals surface area (Å²) in [4.78, 5) is 12.5. The number of hydrogen-bond acceptors (Lipinski definition) is 4. The van der Waals surface area contributed by atoms with E-state index in [9.17, 15) is 0 Å². The van der Waals surface area contributed by atoms with Crippen LogP contribution in [0, 0.1) is 5.92 Å². The first-order valence-corrected chi connectivity index (χ1v) is 9.08. The smallest absolute Gasteiger partial charge is 0.139 e. The SMILES string of the molecule is CSC=CN1CC[C@@H](C)[C@@H](N(C)c2ccnc3[nH]ccc23)C1. The van der Waals surface area contributed by atoms with Gasteiger partial charge in [0, 0.05) is 55.8 Å². The van der Waals surface area contributed by atoms with Crippen LogP contribution in [0.4, 0.5) is 5.69 Å². The van der Waals surface area contributed by atoms with Crippen LogP contribution in [0.15, 0.2) is 36.1 Å². The molecule has 0 unspecified atom stereocenters. The molecule has 1 aliphatic rings. The Morgan fingerprint density at radius 3 is 3.14 bits per heavy atom. The predicted octanol–water partition coefficient (Wildman–Crippen LogP) is 3.54. The molecule has 0 aromatic carbocycles. The number of aromatic nitrogens is 2. The van der Waals surface area contributed by atoms with Crippen LogP contribution in [0.5, 0.6) is 0 Å². The average Bonchev–Trinajstić information content (AvgIpc) is 3.02. The third-order valence-corrected chi connectivity index (χ3v) is 5.07. The van der Waals surface area contributed by atoms with Crippen LogP contribution >= 0.6 is 11.8 Å². The van der Waals surface area contributed by atoms with Gasteiger partial charge in [0.1, 0.15) is 5.65 Å². The van der Waals surface area contributed by atoms with Gasteiger partial charge in [-0.2, -0.15) is 0 Å². The van der Waals surface area contributed by atoms with Crippen molar-refractivity contribution in [2.24, 2.45) is 5.92 Å². The van der Waals surface area contributed by atoms with Crippen LogP contribution < -0.4 is 4.90 Å². The fourth-order valence-electron chi connectivity index (χ4n) is 3.29. The molecule has 1 saturated heterocycles. The molecular weight excluding hydrogens is 292 g/mol. The van der Waals surface area contributed by atoms with Crippen molar-refractivity contribution in [2.45, 2.75) is 19.4 Å². The molecule has 0 aliphatic carbocycles. The van der Waals surface area contributed by atoms with Crippen molar-refractivity contribution < 1.29 is 0 Å². The van der Waals surface area contributed by atoms with Gasteiger partial charge in [-0.3, -0.25) is 0 Å². The lowest BCUT2D eigenvalue weighted by Crippen LogP contribution is -2.49. The number of thioether (sulfide) groups is 1. The van der Waals surface area contributed by atoms with E-state index in [2.05, 4.69) is 63.7 Å². The van der Waals surface area contributed by atoms with Gasteiger partial charge in [0.15, 0.2) is 0 Å². The van der Waals surface area contributed by atoms with Crippen molar-refractivity contribution in [3.63, 3.8) is 0 Å². The van der Waals surface area contributed by atoms with Gasteiger partial charge in [0.05, 0.1) is 0 Å². The fourth-order valence-corrected chi connectivity index (χ4v) is 3.59. The van der Waals surface area contributed by atoms with Crippen LogP contribution in [-0.2, 0) is 0 Å². The average molecular weight is 316 g/mol. The maximum Gasteiger partial charge on any atom is 0.139 e. The Bertz CT molecular complexity index is 651. The van der Waals surface area contributed by atoms with E-state index in [4.69, 9.17) is 0 Å². The van der Waals surface area contributed by atoms with E-state index < -0.39 is 0 Å². The molecule has 0 bridgehead atoms. The monoisotopic (exact) mass is 316 g/mol. The van der Waals surface area contributed by atoms with Crippen LogP contribution in [0.25, 0.3) is 11.0 Å². The Morgan fingerprint density at radius 1 is 1.45 bits per heavy atom. The van der Waals surface area contributed by atoms with Crippen LogP contribution in [0.3, 0.4) is 0 Å². The third kappa shape index (κ3) is 2.95. The Balaban J connectivity index is 1.84. The summed E-state index contributed by atoms with van der Waals surface area (Å²) in [7, 11) is 2.21. The van der Waals surface area contributed by atoms with E-state index in [0.29, 0.717) is 12.0 Å². The molecule has 4 nitrogen and oxygen atoms in total. The number of anilines is 1. The van der Waals surface area contributed by atoms with Gasteiger partial charge in [-0.1, -0.05) is 6.92 Å². The zero-order valence-electron chi connectivity index (χ0n) is 13.5. The summed E-state index contributed by atoms with van der Waals surface area (Å²) in [5.74, 6) is 0.686. The predicted molar refractivity (Wildman–Crippen MR) is 96.3 cm³/mol. The second-order valence-electron chi connectivity index (χ2n) is 6.03. The summed E-state index contributed by atoms with van der Waals surface area (Å²) in [5, 5.41) is 3.37. The van der Waals surface area contributed by atoms with Crippen molar-refractivity contribution in [1.29, 1.82) is 0 Å². The van der Waals surface area contributed by atoms with E-state index in [0.717, 1.165) is 18.7 Å². The van der Waals surface area contributed by atoms with E-state index >= 15 is 0 Å². The number of nitrogens with one attached hydrogen (secondary N) is 1. The largest absolute Gasteiger partial charge is 0.375 e. The van der Waals surface area contributed by atoms with Crippen LogP contribution in [0.1, 0.15) is 13.3 Å². The standard InChI is InChI=1S/C17H24N4S/c1-13-6-9-21(10-11-22-3)12-16(13)20(2)15-5-8-19-17-14(15)4-7-18-17/h4-5,7-8,10-11,13,16H,6,9,12H2,1-3H3,(H,18,19)/t13-,16+/m1/s1. The third-order valence-electron chi connectivity index (χ3n) is 4.67. The minimum Gasteiger partial charge on any atom is -0.375 e. The van der Waals surface area contributed by atoms with Crippen molar-refractivity contribution in [2.75, 3.05) is 31.3 Å². The molecule has 0 amide bonds. The minimum atomic E-state index is 0.515. The Hall–Kier alpha value is -1.62. The summed E-state index contributed by atoms with van der Waals surface area (Å²) < 4.78 is 0. The molecule has 22 heavy (non-hydrogen) atoms. The number of hydrogen-bond donors (Lipinski definition) is 1. The van der Waals surface area contributed by atoms with Gasteiger partial charge in [-0.05, 0) is 36.1 Å². The number of pyridine rings is 1. The lowest BCUT2D eigenvalue weighted by molar-refractivity contribution is 0.219. The molecule has 0 spiro atoms. The second-order valence-corrected chi connectivity index (χ2v) is 6.77. The molecule has 1 N–H and O–H groups in total. The normalized spacial score (nSPS) is 22.6. The van der Waals surface area contributed by atoms with E-state index in [1.54, 1.807) is 11.8 Å². The van der Waals surface area contributed by atoms with Crippen molar-refractivity contribution in [1.82, 2.24) is 14.9 Å². The van der Waals surface area contributed by atoms with Crippen molar-refractivity contribution in [3.05, 3.63) is 36.1 Å². The van der Waals surface area contributed by atoms with Crippen molar-refractivity contribution in [3.8, 4) is 0 Å². The first-order valence-electron chi connectivity index (χ1n) is 7.79. The zero-order chi connectivity index (χ0) is 15.5. The molecule has 5 heteroatoms. The summed E-state index contributed by atoms with van der Waals surface area (Å²) >= 11 is 1.76. The summed E-state index contributed by atoms with van der Waals surface area (Å²) in [6.45, 7) is 4.59. The summed E-state index contributed by atoms with van der Waals surface area (Å²) in [6, 6.07) is 4.76. The Morgan fingerprint density at radius 2 is 2.32 bits per heavy atom. The van der Waals surface area contributed by atoms with Gasteiger partial charge in [0.2, 0.25) is 0 Å². The minimum absolute atomic E-state index is 0.515. The number of nitrogens with zero attached hydrogens (tertiary/aromatic N) is 3. The van der Waals surface area contributed by atoms with Gasteiger partial charge < -0.3 is 14.8 Å². The van der Waals surface area contributed by atoms with E-state index in [-0.39, 0.29) is 0 Å². The molecule has 118 valence electrons. The molecule has 3 heterocycles. The van der Waals surface area contributed by atoms with Crippen LogP contribution in [0.2, 0.25) is 0 Å². The molecule has 1 fully saturated rings. The molecular formula is C17H24N4S. The Labute approximate surface area is 136 Å². The van der Waals surface area contributed by atoms with Crippen LogP contribution in [-0.4, -0.2) is 47.3 Å². The Kier molecular flexibility index (Phi) is 4.62. The van der Waals surface area contributed by atoms with Crippen molar-refractivity contribution >= 4 is 28.5 Å². The molecule has 3 rings (SSSR count). The summed E-state index contributed by atoms with van der Waals surface area (Å²) in [5.41, 5.74) is 2.23. The highest BCUT2D eigenvalue weighted by molar-refractivity contribution is 8.01. The lowest BCUT2D eigenvalue weighted by Gasteiger charge is -2.42. The molecule has 2 atom stereocenters. The van der Waals surface area contributed by atoms with Gasteiger partial charge in [-0.25, -0.2) is 4.98 Å². The first-order chi connectivity index (χ1) is 10.7. The quantitative estimate of drug-likeness (QED) is 0.936. The molecule has 1 aliphatic heterocycles. The number of rotatable bonds is 4. The number of piperidine rings is 1. The summed E-state index contributed by atoms with van der Waals surface area (Å²) in [6.07, 6.45) is 9.42. The molecule has 2 aromatic rings. The number of H-pyrrole nitrogens is 1. The molecule has 0 saturated carbocycles. The van der Waals surface area contributed by atoms with Gasteiger partial charge >= 0.3 is 0 Å². The lowest BCUT2D eigenvalue weighted by atomic mass is 9.92. The highest BCUT2D eigenvalue weighted by Gasteiger charge is 2.29. The number of likely N-dealkylation sites (N-methyl/N-ethyl adjacent to an activating group) is 1. The highest BCUT2D eigenvalue weighted by atomic mass is 32.2. The maximum atomic E-state index is 4.40.